The van der Waals surface area contributed by atoms with E-state index in [1.54, 1.807) is 0 Å². The fraction of sp³-hybridized carbons (Fsp3) is 0.524. The molecule has 2 aromatic rings. The Morgan fingerprint density at radius 2 is 1.64 bits per heavy atom. The number of fused-ring (bicyclic) bond motifs is 1. The van der Waals surface area contributed by atoms with Crippen LogP contribution in [-0.4, -0.2) is 123 Å². The van der Waals surface area contributed by atoms with Crippen LogP contribution in [0.2, 0.25) is 0 Å². The monoisotopic (exact) mass is 667 g/mol. The highest BCUT2D eigenvalue weighted by Crippen LogP contribution is 2.60. The molecule has 3 unspecified atom stereocenters. The van der Waals surface area contributed by atoms with E-state index in [-0.39, 0.29) is 29.1 Å². The van der Waals surface area contributed by atoms with Crippen LogP contribution in [0, 0.1) is 0 Å². The second-order valence-corrected chi connectivity index (χ2v) is 12.9. The number of imidazole rings is 1. The van der Waals surface area contributed by atoms with Crippen molar-refractivity contribution >= 4 is 38.6 Å². The van der Waals surface area contributed by atoms with Crippen molar-refractivity contribution in [2.45, 2.75) is 49.1 Å². The Morgan fingerprint density at radius 1 is 1.00 bits per heavy atom. The molecule has 2 saturated heterocycles. The van der Waals surface area contributed by atoms with Crippen LogP contribution < -0.4 is 10.6 Å². The summed E-state index contributed by atoms with van der Waals surface area (Å²) in [7, 11) is -10.7. The van der Waals surface area contributed by atoms with E-state index < -0.39 is 83.9 Å². The number of nitrogens with zero attached hydrogens (tertiary/aromatic N) is 4. The molecular weight excluding hydrogens is 638 g/mol. The smallest absolute Gasteiger partial charge is 0.477 e. The third-order valence-corrected chi connectivity index (χ3v) is 9.58. The average Bonchev–Trinajstić information content (AvgIpc) is 3.61. The zero-order valence-electron chi connectivity index (χ0n) is 22.3. The van der Waals surface area contributed by atoms with Crippen LogP contribution in [-0.2, 0) is 36.8 Å². The van der Waals surface area contributed by atoms with E-state index in [4.69, 9.17) is 19.7 Å². The number of aliphatic hydroxyl groups is 4. The lowest BCUT2D eigenvalue weighted by molar-refractivity contribution is -0.897. The van der Waals surface area contributed by atoms with E-state index in [0.717, 1.165) is 6.33 Å². The number of rotatable bonds is 11. The molecule has 10 N–H and O–H groups in total. The highest BCUT2D eigenvalue weighted by atomic mass is 31.3. The number of nitrogens with one attached hydrogen (secondary N) is 1. The average molecular weight is 667 g/mol. The van der Waals surface area contributed by atoms with Crippen LogP contribution in [0.3, 0.4) is 0 Å². The topological polar surface area (TPSA) is 313 Å². The number of ether oxygens (including phenoxy) is 2. The first kappa shape index (κ1) is 32.7. The molecule has 3 aliphatic heterocycles. The molecule has 2 aromatic heterocycles. The van der Waals surface area contributed by atoms with E-state index in [0.29, 0.717) is 4.90 Å². The summed E-state index contributed by atoms with van der Waals surface area (Å²) in [5, 5.41) is 50.8. The molecule has 5 rings (SSSR count). The number of aliphatic hydroxyl groups excluding tert-OH is 4. The lowest BCUT2D eigenvalue weighted by Gasteiger charge is -2.24. The standard InChI is InChI=1S/C21H28N6O15P2/c22-17-12-18(24-7-23-17)27(8-25-12)20-16(31)14(29)11(41-20)6-39-44(36,37)42-43(34,35)38-5-10-13(28)15(30)19(40-10)26-3-1-2-9(4-26)21(32)33/h1-2,4,7-8,10-11,13-16,19-20,28-31H,3,5-6H2,(H,32,33)(H,34,35)(H,36,37)(H2,22,23,24)/p+1/t10-,11-,13-,14-,15-,16-,19-,20-/m1/s1. The van der Waals surface area contributed by atoms with Crippen molar-refractivity contribution in [1.82, 2.24) is 19.5 Å². The number of aliphatic carboxylic acids is 1. The van der Waals surface area contributed by atoms with Crippen molar-refractivity contribution < 1.29 is 77.0 Å². The van der Waals surface area contributed by atoms with Crippen LogP contribution in [0.4, 0.5) is 5.82 Å². The predicted octanol–water partition coefficient (Wildman–Crippen LogP) is -3.85. The van der Waals surface area contributed by atoms with Crippen LogP contribution in [0.1, 0.15) is 6.23 Å². The van der Waals surface area contributed by atoms with Gasteiger partial charge < -0.3 is 50.5 Å². The zero-order valence-corrected chi connectivity index (χ0v) is 24.1. The Balaban J connectivity index is 1.15. The molecule has 21 nitrogen and oxygen atoms in total. The van der Waals surface area contributed by atoms with Crippen molar-refractivity contribution in [2.75, 3.05) is 25.5 Å². The Morgan fingerprint density at radius 3 is 2.30 bits per heavy atom. The summed E-state index contributed by atoms with van der Waals surface area (Å²) in [6.07, 6.45) is -5.25. The molecule has 23 heteroatoms. The number of quaternary nitrogens is 1. The third kappa shape index (κ3) is 6.76. The minimum absolute atomic E-state index is 0.0488. The van der Waals surface area contributed by atoms with E-state index in [9.17, 15) is 49.2 Å². The maximum Gasteiger partial charge on any atom is 0.481 e. The van der Waals surface area contributed by atoms with Gasteiger partial charge in [0.05, 0.1) is 19.5 Å². The van der Waals surface area contributed by atoms with E-state index >= 15 is 0 Å². The van der Waals surface area contributed by atoms with E-state index in [1.165, 1.54) is 29.2 Å². The molecule has 3 aliphatic rings. The number of hydrogen-bond acceptors (Lipinski definition) is 16. The number of nitrogens with two attached hydrogens (primary N) is 1. The van der Waals surface area contributed by atoms with Gasteiger partial charge in [0.2, 0.25) is 6.23 Å². The van der Waals surface area contributed by atoms with Gasteiger partial charge in [-0.1, -0.05) is 0 Å². The quantitative estimate of drug-likeness (QED) is 0.104. The Hall–Kier alpha value is -2.72. The maximum atomic E-state index is 12.4. The molecule has 0 radical (unpaired) electrons. The van der Waals surface area contributed by atoms with E-state index in [1.807, 2.05) is 0 Å². The van der Waals surface area contributed by atoms with Gasteiger partial charge in [-0.2, -0.15) is 4.31 Å². The second kappa shape index (κ2) is 12.6. The predicted molar refractivity (Wildman–Crippen MR) is 140 cm³/mol. The van der Waals surface area contributed by atoms with Gasteiger partial charge in [0.1, 0.15) is 60.7 Å². The number of nitrogen functional groups attached to an aromatic ring is 1. The molecule has 0 aromatic carbocycles. The summed E-state index contributed by atoms with van der Waals surface area (Å²) in [5.74, 6) is -1.18. The normalized spacial score (nSPS) is 35.0. The van der Waals surface area contributed by atoms with Crippen molar-refractivity contribution in [3.8, 4) is 0 Å². The largest absolute Gasteiger partial charge is 0.481 e. The molecule has 0 bridgehead atoms. The lowest BCUT2D eigenvalue weighted by Crippen LogP contribution is -3.13. The molecule has 0 amide bonds. The van der Waals surface area contributed by atoms with Gasteiger partial charge in [-0.3, -0.25) is 18.5 Å². The second-order valence-electron chi connectivity index (χ2n) is 9.90. The number of carboxylic acids is 1. The van der Waals surface area contributed by atoms with Crippen LogP contribution in [0.25, 0.3) is 11.2 Å². The molecule has 2 fully saturated rings. The molecule has 5 heterocycles. The summed E-state index contributed by atoms with van der Waals surface area (Å²) in [5.41, 5.74) is 6.02. The number of phosphoric ester groups is 2. The molecule has 0 aliphatic carbocycles. The third-order valence-electron chi connectivity index (χ3n) is 6.98. The van der Waals surface area contributed by atoms with Gasteiger partial charge in [-0.15, -0.1) is 0 Å². The summed E-state index contributed by atoms with van der Waals surface area (Å²) < 4.78 is 50.8. The van der Waals surface area contributed by atoms with Gasteiger partial charge in [0.25, 0.3) is 0 Å². The maximum absolute atomic E-state index is 12.4. The summed E-state index contributed by atoms with van der Waals surface area (Å²) >= 11 is 0. The number of hydrogen-bond donors (Lipinski definition) is 9. The van der Waals surface area contributed by atoms with Crippen LogP contribution >= 0.6 is 15.6 Å². The minimum Gasteiger partial charge on any atom is -0.477 e. The fourth-order valence-corrected chi connectivity index (χ4v) is 6.91. The van der Waals surface area contributed by atoms with Crippen LogP contribution in [0.15, 0.2) is 36.6 Å². The van der Waals surface area contributed by atoms with Gasteiger partial charge in [0.15, 0.2) is 23.8 Å². The number of aromatic nitrogens is 4. The lowest BCUT2D eigenvalue weighted by atomic mass is 10.1. The van der Waals surface area contributed by atoms with Crippen molar-refractivity contribution in [3.05, 3.63) is 36.6 Å². The molecule has 44 heavy (non-hydrogen) atoms. The number of anilines is 1. The molecule has 242 valence electrons. The van der Waals surface area contributed by atoms with Gasteiger partial charge in [-0.05, 0) is 12.2 Å². The fourth-order valence-electron chi connectivity index (χ4n) is 4.82. The number of carbonyl (C=O) groups is 1. The van der Waals surface area contributed by atoms with Gasteiger partial charge >= 0.3 is 21.6 Å². The first-order valence-electron chi connectivity index (χ1n) is 12.8. The Bertz CT molecular complexity index is 1550. The molecular formula is C21H29N6O15P2+. The minimum atomic E-state index is -5.37. The van der Waals surface area contributed by atoms with Crippen molar-refractivity contribution in [2.24, 2.45) is 0 Å². The first-order valence-corrected chi connectivity index (χ1v) is 15.8. The van der Waals surface area contributed by atoms with Gasteiger partial charge in [0, 0.05) is 0 Å². The zero-order chi connectivity index (χ0) is 32.0. The summed E-state index contributed by atoms with van der Waals surface area (Å²) in [4.78, 5) is 43.4. The Labute approximate surface area is 246 Å². The number of phosphoric acid groups is 2. The molecule has 0 spiro atoms. The van der Waals surface area contributed by atoms with Crippen LogP contribution in [0.5, 0.6) is 0 Å². The van der Waals surface area contributed by atoms with E-state index in [2.05, 4.69) is 23.8 Å². The SMILES string of the molecule is Nc1ncnc2c1ncn2[C@@H]1O[C@H](COP(=O)(O)OP(=O)(O)OC[C@H]2O[C@@H]([NH+]3C=C(C(=O)O)C=CC3)[C@H](O)[C@@H]2O)[C@@H](O)[C@H]1O. The molecule has 11 atom stereocenters. The first-order chi connectivity index (χ1) is 20.7. The summed E-state index contributed by atoms with van der Waals surface area (Å²) in [6, 6.07) is 0. The number of carboxylic acid groups (broad SMARTS) is 1. The van der Waals surface area contributed by atoms with Gasteiger partial charge in [-0.25, -0.2) is 28.9 Å². The highest BCUT2D eigenvalue weighted by Gasteiger charge is 2.50. The van der Waals surface area contributed by atoms with Crippen molar-refractivity contribution in [1.29, 1.82) is 0 Å². The highest BCUT2D eigenvalue weighted by molar-refractivity contribution is 7.61. The molecule has 0 saturated carbocycles. The Kier molecular flexibility index (Phi) is 9.34. The van der Waals surface area contributed by atoms with Crippen molar-refractivity contribution in [3.63, 3.8) is 0 Å². The summed E-state index contributed by atoms with van der Waals surface area (Å²) in [6.45, 7) is -1.60.